The molecule has 3 aromatic rings. The number of hydrogen-bond acceptors (Lipinski definition) is 9. The summed E-state index contributed by atoms with van der Waals surface area (Å²) in [5.41, 5.74) is 8.15. The first-order valence-electron chi connectivity index (χ1n) is 12.2. The standard InChI is InChI=1S/C25H30N8OS2/c1-14-10-17(12-26)33(16(14)3)15(2)13-28-8-7-25(24-29-31-32-30-24)18-6-9-35-20(18)4-5-21-19(25)11-22(36-21)23(27)34/h6,9,11,14,16-17,28H,2,4-5,7-8,10,13H2,1,3H3,(H2,27,34)(H,29,30,31,32)/t14-,16?,17?,25?/m0/s1. The number of nitrogens with one attached hydrogen (secondary N) is 2. The number of primary amides is 1. The van der Waals surface area contributed by atoms with Gasteiger partial charge in [-0.25, -0.2) is 0 Å². The largest absolute Gasteiger partial charge is 0.365 e. The lowest BCUT2D eigenvalue weighted by Gasteiger charge is -2.32. The Labute approximate surface area is 218 Å². The van der Waals surface area contributed by atoms with Gasteiger partial charge in [0.1, 0.15) is 6.04 Å². The van der Waals surface area contributed by atoms with E-state index < -0.39 is 11.3 Å². The van der Waals surface area contributed by atoms with Crippen molar-refractivity contribution in [3.63, 3.8) is 0 Å². The molecule has 4 N–H and O–H groups in total. The van der Waals surface area contributed by atoms with Gasteiger partial charge in [-0.1, -0.05) is 18.7 Å². The summed E-state index contributed by atoms with van der Waals surface area (Å²) in [4.78, 5) is 17.2. The van der Waals surface area contributed by atoms with E-state index in [2.05, 4.69) is 68.8 Å². The molecule has 4 heterocycles. The molecular weight excluding hydrogens is 492 g/mol. The molecule has 36 heavy (non-hydrogen) atoms. The molecule has 1 saturated heterocycles. The number of aromatic nitrogens is 4. The van der Waals surface area contributed by atoms with Crippen LogP contribution in [0.2, 0.25) is 0 Å². The van der Waals surface area contributed by atoms with E-state index in [-0.39, 0.29) is 12.1 Å². The molecule has 2 aliphatic rings. The molecule has 5 rings (SSSR count). The normalized spacial score (nSPS) is 25.1. The average Bonchev–Trinajstić information content (AvgIpc) is 3.65. The Balaban J connectivity index is 1.44. The Morgan fingerprint density at radius 2 is 2.19 bits per heavy atom. The molecule has 9 nitrogen and oxygen atoms in total. The van der Waals surface area contributed by atoms with E-state index in [1.807, 2.05) is 6.07 Å². The molecule has 3 aromatic heterocycles. The fraction of sp³-hybridized carbons (Fsp3) is 0.480. The lowest BCUT2D eigenvalue weighted by molar-refractivity contribution is 0.100. The van der Waals surface area contributed by atoms with Gasteiger partial charge in [0.2, 0.25) is 0 Å². The molecule has 1 aliphatic carbocycles. The van der Waals surface area contributed by atoms with Crippen LogP contribution in [-0.2, 0) is 18.3 Å². The number of nitrogens with zero attached hydrogens (tertiary/aromatic N) is 5. The molecule has 1 aliphatic heterocycles. The third-order valence-electron chi connectivity index (χ3n) is 7.74. The third-order valence-corrected chi connectivity index (χ3v) is 9.93. The van der Waals surface area contributed by atoms with Gasteiger partial charge in [-0.05, 0) is 73.7 Å². The molecule has 0 saturated carbocycles. The number of thiophene rings is 2. The van der Waals surface area contributed by atoms with Gasteiger partial charge in [0.15, 0.2) is 5.82 Å². The summed E-state index contributed by atoms with van der Waals surface area (Å²) in [7, 11) is 0. The van der Waals surface area contributed by atoms with Crippen molar-refractivity contribution in [1.82, 2.24) is 30.8 Å². The highest BCUT2D eigenvalue weighted by Crippen LogP contribution is 2.49. The molecule has 1 amide bonds. The first-order chi connectivity index (χ1) is 17.4. The van der Waals surface area contributed by atoms with Crippen LogP contribution in [0.15, 0.2) is 29.8 Å². The number of aryl methyl sites for hydroxylation is 2. The summed E-state index contributed by atoms with van der Waals surface area (Å²) in [5, 5.41) is 30.7. The van der Waals surface area contributed by atoms with Crippen molar-refractivity contribution in [3.8, 4) is 6.07 Å². The number of carbonyl (C=O) groups is 1. The van der Waals surface area contributed by atoms with Crippen LogP contribution in [0, 0.1) is 17.2 Å². The van der Waals surface area contributed by atoms with Gasteiger partial charge < -0.3 is 16.0 Å². The molecule has 0 bridgehead atoms. The Morgan fingerprint density at radius 3 is 2.92 bits per heavy atom. The van der Waals surface area contributed by atoms with Gasteiger partial charge in [-0.2, -0.15) is 10.5 Å². The SMILES string of the molecule is C=C(CNCCC1(c2nn[nH]n2)c2ccsc2CCc2sc(C(N)=O)cc21)N1C(C#N)C[C@H](C)C1C. The van der Waals surface area contributed by atoms with Crippen molar-refractivity contribution in [3.05, 3.63) is 61.4 Å². The molecule has 0 spiro atoms. The third kappa shape index (κ3) is 4.03. The minimum atomic E-state index is -0.655. The second kappa shape index (κ2) is 9.76. The molecule has 1 fully saturated rings. The zero-order chi connectivity index (χ0) is 25.4. The summed E-state index contributed by atoms with van der Waals surface area (Å²) in [6, 6.07) is 6.66. The van der Waals surface area contributed by atoms with Gasteiger partial charge in [-0.15, -0.1) is 32.9 Å². The first kappa shape index (κ1) is 24.6. The topological polar surface area (TPSA) is 137 Å². The van der Waals surface area contributed by atoms with E-state index in [1.165, 1.54) is 16.2 Å². The Kier molecular flexibility index (Phi) is 6.68. The number of nitrogens with two attached hydrogens (primary N) is 1. The van der Waals surface area contributed by atoms with Crippen LogP contribution >= 0.6 is 22.7 Å². The number of tetrazole rings is 1. The number of fused-ring (bicyclic) bond motifs is 2. The van der Waals surface area contributed by atoms with Crippen molar-refractivity contribution in [1.29, 1.82) is 5.26 Å². The van der Waals surface area contributed by atoms with Crippen LogP contribution in [0.5, 0.6) is 0 Å². The van der Waals surface area contributed by atoms with Crippen LogP contribution in [0.1, 0.15) is 63.1 Å². The number of amides is 1. The van der Waals surface area contributed by atoms with Gasteiger partial charge in [0, 0.05) is 28.0 Å². The lowest BCUT2D eigenvalue weighted by atomic mass is 9.72. The van der Waals surface area contributed by atoms with Crippen LogP contribution in [0.3, 0.4) is 0 Å². The fourth-order valence-electron chi connectivity index (χ4n) is 5.79. The molecule has 188 valence electrons. The Morgan fingerprint density at radius 1 is 1.39 bits per heavy atom. The quantitative estimate of drug-likeness (QED) is 0.387. The zero-order valence-electron chi connectivity index (χ0n) is 20.5. The number of hydrogen-bond donors (Lipinski definition) is 3. The van der Waals surface area contributed by atoms with E-state index in [4.69, 9.17) is 5.73 Å². The minimum absolute atomic E-state index is 0.134. The number of aromatic amines is 1. The van der Waals surface area contributed by atoms with E-state index in [9.17, 15) is 10.1 Å². The number of nitriles is 1. The molecule has 3 unspecified atom stereocenters. The van der Waals surface area contributed by atoms with Crippen molar-refractivity contribution in [2.45, 2.75) is 57.0 Å². The molecule has 0 radical (unpaired) electrons. The predicted molar refractivity (Wildman–Crippen MR) is 140 cm³/mol. The van der Waals surface area contributed by atoms with Gasteiger partial charge in [-0.3, -0.25) is 4.79 Å². The highest BCUT2D eigenvalue weighted by molar-refractivity contribution is 7.14. The van der Waals surface area contributed by atoms with Crippen molar-refractivity contribution >= 4 is 28.6 Å². The first-order valence-corrected chi connectivity index (χ1v) is 13.9. The van der Waals surface area contributed by atoms with Gasteiger partial charge in [0.05, 0.1) is 16.4 Å². The molecule has 0 aromatic carbocycles. The van der Waals surface area contributed by atoms with Crippen molar-refractivity contribution < 1.29 is 4.79 Å². The van der Waals surface area contributed by atoms with E-state index in [1.54, 1.807) is 11.3 Å². The van der Waals surface area contributed by atoms with E-state index in [0.717, 1.165) is 41.0 Å². The second-order valence-corrected chi connectivity index (χ2v) is 11.8. The van der Waals surface area contributed by atoms with Crippen LogP contribution in [-0.4, -0.2) is 56.6 Å². The van der Waals surface area contributed by atoms with E-state index in [0.29, 0.717) is 36.1 Å². The Bertz CT molecular complexity index is 1310. The van der Waals surface area contributed by atoms with Gasteiger partial charge in [0.25, 0.3) is 5.91 Å². The Hall–Kier alpha value is -3.07. The smallest absolute Gasteiger partial charge is 0.258 e. The molecule has 4 atom stereocenters. The maximum atomic E-state index is 12.1. The predicted octanol–water partition coefficient (Wildman–Crippen LogP) is 2.97. The summed E-state index contributed by atoms with van der Waals surface area (Å²) in [6.07, 6.45) is 3.26. The second-order valence-electron chi connectivity index (χ2n) is 9.71. The maximum absolute atomic E-state index is 12.1. The maximum Gasteiger partial charge on any atom is 0.258 e. The summed E-state index contributed by atoms with van der Waals surface area (Å²) in [5.74, 6) is 0.620. The van der Waals surface area contributed by atoms with Crippen molar-refractivity contribution in [2.24, 2.45) is 11.7 Å². The molecule has 11 heteroatoms. The fourth-order valence-corrected chi connectivity index (χ4v) is 7.84. The summed E-state index contributed by atoms with van der Waals surface area (Å²) < 4.78 is 0. The highest BCUT2D eigenvalue weighted by atomic mass is 32.1. The number of carbonyl (C=O) groups excluding carboxylic acids is 1. The monoisotopic (exact) mass is 522 g/mol. The number of likely N-dealkylation sites (tertiary alicyclic amines) is 1. The lowest BCUT2D eigenvalue weighted by Crippen LogP contribution is -2.39. The van der Waals surface area contributed by atoms with Crippen molar-refractivity contribution in [2.75, 3.05) is 13.1 Å². The van der Waals surface area contributed by atoms with Gasteiger partial charge >= 0.3 is 0 Å². The van der Waals surface area contributed by atoms with Crippen LogP contribution < -0.4 is 11.1 Å². The van der Waals surface area contributed by atoms with Crippen LogP contribution in [0.4, 0.5) is 0 Å². The molecular formula is C25H30N8OS2. The van der Waals surface area contributed by atoms with Crippen LogP contribution in [0.25, 0.3) is 0 Å². The summed E-state index contributed by atoms with van der Waals surface area (Å²) >= 11 is 3.21. The average molecular weight is 523 g/mol. The number of H-pyrrole nitrogens is 1. The number of rotatable bonds is 8. The van der Waals surface area contributed by atoms with E-state index >= 15 is 0 Å². The summed E-state index contributed by atoms with van der Waals surface area (Å²) in [6.45, 7) is 9.88. The zero-order valence-corrected chi connectivity index (χ0v) is 22.1. The minimum Gasteiger partial charge on any atom is -0.365 e. The highest BCUT2D eigenvalue weighted by Gasteiger charge is 2.46.